The zero-order chi connectivity index (χ0) is 11.8. The lowest BCUT2D eigenvalue weighted by Gasteiger charge is -2.07. The molecule has 0 spiro atoms. The van der Waals surface area contributed by atoms with Crippen LogP contribution >= 0.6 is 15.9 Å². The fourth-order valence-electron chi connectivity index (χ4n) is 2.02. The molecule has 0 aromatic heterocycles. The average Bonchev–Trinajstić information content (AvgIpc) is 2.75. The summed E-state index contributed by atoms with van der Waals surface area (Å²) in [5, 5.41) is 0. The number of ether oxygens (including phenoxy) is 2. The largest absolute Gasteiger partial charge is 0.454 e. The number of rotatable bonds is 1. The van der Waals surface area contributed by atoms with Gasteiger partial charge in [0.05, 0.1) is 0 Å². The van der Waals surface area contributed by atoms with Crippen molar-refractivity contribution >= 4 is 15.9 Å². The van der Waals surface area contributed by atoms with Gasteiger partial charge in [-0.05, 0) is 47.9 Å². The zero-order valence-corrected chi connectivity index (χ0v) is 11.0. The summed E-state index contributed by atoms with van der Waals surface area (Å²) in [5.41, 5.74) is 3.60. The SMILES string of the molecule is Cc1cc(Br)ccc1-c1ccc2c(c1)OCO2. The Morgan fingerprint density at radius 2 is 1.82 bits per heavy atom. The minimum Gasteiger partial charge on any atom is -0.454 e. The molecule has 3 heteroatoms. The van der Waals surface area contributed by atoms with Crippen molar-refractivity contribution in [3.63, 3.8) is 0 Å². The van der Waals surface area contributed by atoms with E-state index >= 15 is 0 Å². The number of aryl methyl sites for hydroxylation is 1. The molecule has 3 rings (SSSR count). The summed E-state index contributed by atoms with van der Waals surface area (Å²) in [4.78, 5) is 0. The van der Waals surface area contributed by atoms with Crippen LogP contribution in [0.4, 0.5) is 0 Å². The van der Waals surface area contributed by atoms with Gasteiger partial charge in [-0.3, -0.25) is 0 Å². The summed E-state index contributed by atoms with van der Waals surface area (Å²) >= 11 is 3.47. The van der Waals surface area contributed by atoms with Crippen molar-refractivity contribution in [3.05, 3.63) is 46.4 Å². The van der Waals surface area contributed by atoms with Crippen molar-refractivity contribution in [2.24, 2.45) is 0 Å². The highest BCUT2D eigenvalue weighted by molar-refractivity contribution is 9.10. The fourth-order valence-corrected chi connectivity index (χ4v) is 2.49. The minimum atomic E-state index is 0.318. The van der Waals surface area contributed by atoms with Gasteiger partial charge in [-0.15, -0.1) is 0 Å². The Bertz CT molecular complexity index is 578. The first kappa shape index (κ1) is 10.7. The van der Waals surface area contributed by atoms with Crippen LogP contribution in [0.2, 0.25) is 0 Å². The highest BCUT2D eigenvalue weighted by Crippen LogP contribution is 2.37. The lowest BCUT2D eigenvalue weighted by atomic mass is 10.0. The monoisotopic (exact) mass is 290 g/mol. The topological polar surface area (TPSA) is 18.5 Å². The fraction of sp³-hybridized carbons (Fsp3) is 0.143. The van der Waals surface area contributed by atoms with Gasteiger partial charge >= 0.3 is 0 Å². The van der Waals surface area contributed by atoms with Gasteiger partial charge in [-0.25, -0.2) is 0 Å². The van der Waals surface area contributed by atoms with E-state index in [1.165, 1.54) is 11.1 Å². The molecule has 1 aliphatic rings. The van der Waals surface area contributed by atoms with E-state index in [-0.39, 0.29) is 0 Å². The number of hydrogen-bond donors (Lipinski definition) is 0. The van der Waals surface area contributed by atoms with Crippen LogP contribution in [-0.2, 0) is 0 Å². The van der Waals surface area contributed by atoms with E-state index in [9.17, 15) is 0 Å². The second-order valence-electron chi connectivity index (χ2n) is 4.03. The standard InChI is InChI=1S/C14H11BrO2/c1-9-6-11(15)3-4-12(9)10-2-5-13-14(7-10)17-8-16-13/h2-7H,8H2,1H3. The molecular formula is C14H11BrO2. The highest BCUT2D eigenvalue weighted by Gasteiger charge is 2.14. The molecular weight excluding hydrogens is 280 g/mol. The Balaban J connectivity index is 2.09. The third-order valence-electron chi connectivity index (χ3n) is 2.87. The first-order valence-corrected chi connectivity index (χ1v) is 6.19. The van der Waals surface area contributed by atoms with Crippen LogP contribution in [-0.4, -0.2) is 6.79 Å². The van der Waals surface area contributed by atoms with Gasteiger partial charge in [0.25, 0.3) is 0 Å². The lowest BCUT2D eigenvalue weighted by molar-refractivity contribution is 0.174. The summed E-state index contributed by atoms with van der Waals surface area (Å²) < 4.78 is 11.8. The molecule has 0 N–H and O–H groups in total. The molecule has 0 bridgehead atoms. The van der Waals surface area contributed by atoms with Crippen LogP contribution in [0, 0.1) is 6.92 Å². The average molecular weight is 291 g/mol. The van der Waals surface area contributed by atoms with Crippen LogP contribution in [0.3, 0.4) is 0 Å². The highest BCUT2D eigenvalue weighted by atomic mass is 79.9. The van der Waals surface area contributed by atoms with Gasteiger partial charge < -0.3 is 9.47 Å². The maximum atomic E-state index is 5.39. The van der Waals surface area contributed by atoms with Gasteiger partial charge in [0.2, 0.25) is 6.79 Å². The van der Waals surface area contributed by atoms with Crippen LogP contribution < -0.4 is 9.47 Å². The molecule has 0 atom stereocenters. The van der Waals surface area contributed by atoms with Crippen molar-refractivity contribution < 1.29 is 9.47 Å². The van der Waals surface area contributed by atoms with Gasteiger partial charge in [0.1, 0.15) is 0 Å². The maximum absolute atomic E-state index is 5.39. The molecule has 0 saturated heterocycles. The third-order valence-corrected chi connectivity index (χ3v) is 3.37. The van der Waals surface area contributed by atoms with E-state index in [0.29, 0.717) is 6.79 Å². The van der Waals surface area contributed by atoms with Gasteiger partial charge in [-0.1, -0.05) is 28.1 Å². The lowest BCUT2D eigenvalue weighted by Crippen LogP contribution is -1.92. The van der Waals surface area contributed by atoms with Crippen molar-refractivity contribution in [2.45, 2.75) is 6.92 Å². The second-order valence-corrected chi connectivity index (χ2v) is 4.94. The Labute approximate surface area is 108 Å². The van der Waals surface area contributed by atoms with Crippen molar-refractivity contribution in [3.8, 4) is 22.6 Å². The first-order valence-electron chi connectivity index (χ1n) is 5.40. The Morgan fingerprint density at radius 1 is 1.00 bits per heavy atom. The molecule has 0 saturated carbocycles. The third kappa shape index (κ3) is 1.91. The van der Waals surface area contributed by atoms with E-state index in [0.717, 1.165) is 21.5 Å². The zero-order valence-electron chi connectivity index (χ0n) is 9.37. The number of hydrogen-bond acceptors (Lipinski definition) is 2. The van der Waals surface area contributed by atoms with E-state index in [1.807, 2.05) is 18.2 Å². The van der Waals surface area contributed by atoms with Gasteiger partial charge in [0.15, 0.2) is 11.5 Å². The van der Waals surface area contributed by atoms with Crippen LogP contribution in [0.1, 0.15) is 5.56 Å². The number of fused-ring (bicyclic) bond motifs is 1. The number of benzene rings is 2. The van der Waals surface area contributed by atoms with Crippen molar-refractivity contribution in [1.29, 1.82) is 0 Å². The van der Waals surface area contributed by atoms with Gasteiger partial charge in [0, 0.05) is 4.47 Å². The smallest absolute Gasteiger partial charge is 0.231 e. The molecule has 1 aliphatic heterocycles. The second kappa shape index (κ2) is 4.08. The molecule has 2 aromatic carbocycles. The van der Waals surface area contributed by atoms with Crippen LogP contribution in [0.25, 0.3) is 11.1 Å². The Morgan fingerprint density at radius 3 is 2.65 bits per heavy atom. The predicted octanol–water partition coefficient (Wildman–Crippen LogP) is 4.15. The molecule has 2 nitrogen and oxygen atoms in total. The molecule has 0 radical (unpaired) electrons. The quantitative estimate of drug-likeness (QED) is 0.785. The van der Waals surface area contributed by atoms with Gasteiger partial charge in [-0.2, -0.15) is 0 Å². The summed E-state index contributed by atoms with van der Waals surface area (Å²) in [5.74, 6) is 1.65. The molecule has 0 unspecified atom stereocenters. The summed E-state index contributed by atoms with van der Waals surface area (Å²) in [7, 11) is 0. The Hall–Kier alpha value is -1.48. The molecule has 2 aromatic rings. The molecule has 86 valence electrons. The Kier molecular flexibility index (Phi) is 2.56. The number of halogens is 1. The van der Waals surface area contributed by atoms with Crippen molar-refractivity contribution in [1.82, 2.24) is 0 Å². The van der Waals surface area contributed by atoms with Crippen LogP contribution in [0.5, 0.6) is 11.5 Å². The predicted molar refractivity (Wildman–Crippen MR) is 70.4 cm³/mol. The molecule has 0 aliphatic carbocycles. The van der Waals surface area contributed by atoms with Crippen molar-refractivity contribution in [2.75, 3.05) is 6.79 Å². The molecule has 17 heavy (non-hydrogen) atoms. The molecule has 0 amide bonds. The molecule has 0 fully saturated rings. The summed E-state index contributed by atoms with van der Waals surface area (Å²) in [6, 6.07) is 12.3. The van der Waals surface area contributed by atoms with E-state index < -0.39 is 0 Å². The molecule has 1 heterocycles. The van der Waals surface area contributed by atoms with Crippen LogP contribution in [0.15, 0.2) is 40.9 Å². The van der Waals surface area contributed by atoms with E-state index in [1.54, 1.807) is 0 Å². The normalized spacial score (nSPS) is 12.8. The van der Waals surface area contributed by atoms with E-state index in [2.05, 4.69) is 41.1 Å². The van der Waals surface area contributed by atoms with E-state index in [4.69, 9.17) is 9.47 Å². The first-order chi connectivity index (χ1) is 8.24. The summed E-state index contributed by atoms with van der Waals surface area (Å²) in [6.45, 7) is 2.42. The minimum absolute atomic E-state index is 0.318. The summed E-state index contributed by atoms with van der Waals surface area (Å²) in [6.07, 6.45) is 0. The maximum Gasteiger partial charge on any atom is 0.231 e.